The Kier molecular flexibility index (Phi) is 7.86. The second-order valence-corrected chi connectivity index (χ2v) is 12.5. The third kappa shape index (κ3) is 6.17. The van der Waals surface area contributed by atoms with Crippen LogP contribution in [0.15, 0.2) is 65.8 Å². The number of hydrogen-bond donors (Lipinski definition) is 1. The molecule has 196 valence electrons. The molecule has 0 atom stereocenters. The monoisotopic (exact) mass is 540 g/mol. The Morgan fingerprint density at radius 3 is 2.59 bits per heavy atom. The van der Waals surface area contributed by atoms with Crippen LogP contribution in [-0.2, 0) is 26.8 Å². The Hall–Kier alpha value is -2.45. The lowest BCUT2D eigenvalue weighted by molar-refractivity contribution is 0.0173. The molecule has 0 spiro atoms. The number of hydrogen-bond acceptors (Lipinski definition) is 6. The number of aromatic nitrogens is 1. The van der Waals surface area contributed by atoms with E-state index in [2.05, 4.69) is 11.1 Å². The normalized spacial score (nSPS) is 16.5. The Morgan fingerprint density at radius 2 is 1.84 bits per heavy atom. The molecule has 8 heteroatoms. The number of benzene rings is 2. The maximum atomic E-state index is 12.9. The minimum atomic E-state index is -3.40. The number of sulfone groups is 1. The third-order valence-electron chi connectivity index (χ3n) is 7.01. The van der Waals surface area contributed by atoms with E-state index in [9.17, 15) is 8.42 Å². The van der Waals surface area contributed by atoms with E-state index in [-0.39, 0.29) is 17.3 Å². The van der Waals surface area contributed by atoms with Crippen molar-refractivity contribution in [1.82, 2.24) is 4.98 Å². The third-order valence-corrected chi connectivity index (χ3v) is 9.18. The van der Waals surface area contributed by atoms with Gasteiger partial charge < -0.3 is 15.2 Å². The lowest BCUT2D eigenvalue weighted by Gasteiger charge is -2.22. The molecule has 3 aromatic rings. The predicted octanol–water partition coefficient (Wildman–Crippen LogP) is 6.05. The summed E-state index contributed by atoms with van der Waals surface area (Å²) in [5, 5.41) is 0.493. The summed E-state index contributed by atoms with van der Waals surface area (Å²) in [6.45, 7) is 0.784. The van der Waals surface area contributed by atoms with Gasteiger partial charge in [0.15, 0.2) is 9.84 Å². The molecule has 0 bridgehead atoms. The number of nitrogens with two attached hydrogens (primary N) is 1. The minimum Gasteiger partial charge on any atom is -0.490 e. The van der Waals surface area contributed by atoms with E-state index in [4.69, 9.17) is 26.8 Å². The molecular weight excluding hydrogens is 508 g/mol. The van der Waals surface area contributed by atoms with Crippen molar-refractivity contribution >= 4 is 21.4 Å². The van der Waals surface area contributed by atoms with Gasteiger partial charge in [-0.25, -0.2) is 8.42 Å². The maximum absolute atomic E-state index is 12.9. The van der Waals surface area contributed by atoms with E-state index in [1.165, 1.54) is 0 Å². The van der Waals surface area contributed by atoms with Crippen LogP contribution in [0.3, 0.4) is 0 Å². The molecule has 6 nitrogen and oxygen atoms in total. The summed E-state index contributed by atoms with van der Waals surface area (Å²) >= 11 is 6.47. The highest BCUT2D eigenvalue weighted by Crippen LogP contribution is 2.53. The molecule has 5 rings (SSSR count). The number of halogens is 1. The van der Waals surface area contributed by atoms with Crippen LogP contribution in [0, 0.1) is 0 Å². The fourth-order valence-electron chi connectivity index (χ4n) is 4.56. The van der Waals surface area contributed by atoms with E-state index in [0.717, 1.165) is 61.0 Å². The quantitative estimate of drug-likeness (QED) is 0.265. The van der Waals surface area contributed by atoms with Crippen LogP contribution in [-0.4, -0.2) is 31.8 Å². The van der Waals surface area contributed by atoms with Gasteiger partial charge in [-0.15, -0.1) is 0 Å². The molecule has 2 fully saturated rings. The van der Waals surface area contributed by atoms with Crippen molar-refractivity contribution in [3.8, 4) is 16.9 Å². The molecule has 2 aromatic carbocycles. The van der Waals surface area contributed by atoms with Crippen LogP contribution in [0.4, 0.5) is 0 Å². The fourth-order valence-corrected chi connectivity index (χ4v) is 6.15. The van der Waals surface area contributed by atoms with Gasteiger partial charge in [0.05, 0.1) is 29.0 Å². The molecule has 1 aromatic heterocycles. The van der Waals surface area contributed by atoms with Crippen LogP contribution in [0.2, 0.25) is 5.02 Å². The zero-order chi connectivity index (χ0) is 25.9. The smallest absolute Gasteiger partial charge is 0.178 e. The molecule has 0 aliphatic heterocycles. The molecule has 0 amide bonds. The number of ether oxygens (including phenoxy) is 2. The van der Waals surface area contributed by atoms with Crippen LogP contribution in [0.1, 0.15) is 56.1 Å². The highest BCUT2D eigenvalue weighted by Gasteiger charge is 2.47. The van der Waals surface area contributed by atoms with Crippen molar-refractivity contribution in [3.63, 3.8) is 0 Å². The van der Waals surface area contributed by atoms with Gasteiger partial charge in [0, 0.05) is 28.5 Å². The number of para-hydroxylation sites is 1. The van der Waals surface area contributed by atoms with E-state index in [1.807, 2.05) is 30.5 Å². The zero-order valence-corrected chi connectivity index (χ0v) is 22.4. The molecule has 1 heterocycles. The van der Waals surface area contributed by atoms with Gasteiger partial charge in [0.25, 0.3) is 0 Å². The standard InChI is InChI=1S/C29H33ClN2O4S/c30-27-11-10-23(37(33,34)17-5-1-4-15-31)18-21(27)20-35-29(13-14-29)26-19-32-16-12-24(26)25-6-2-3-7-28(25)36-22-8-9-22/h2-3,6-7,10-12,16,18-19,22H,1,4-5,8-9,13-15,17,20,31H2. The summed E-state index contributed by atoms with van der Waals surface area (Å²) < 4.78 is 38.4. The maximum Gasteiger partial charge on any atom is 0.178 e. The Labute approximate surface area is 224 Å². The molecular formula is C29H33ClN2O4S. The van der Waals surface area contributed by atoms with Crippen LogP contribution >= 0.6 is 11.6 Å². The minimum absolute atomic E-state index is 0.0975. The topological polar surface area (TPSA) is 91.5 Å². The SMILES string of the molecule is NCCCCCS(=O)(=O)c1ccc(Cl)c(COC2(c3cnccc3-c3ccccc3OC3CC3)CC2)c1. The summed E-state index contributed by atoms with van der Waals surface area (Å²) in [5.74, 6) is 0.973. The molecule has 37 heavy (non-hydrogen) atoms. The number of unbranched alkanes of at least 4 members (excludes halogenated alkanes) is 2. The summed E-state index contributed by atoms with van der Waals surface area (Å²) in [7, 11) is -3.40. The molecule has 2 N–H and O–H groups in total. The second-order valence-electron chi connectivity index (χ2n) is 9.94. The van der Waals surface area contributed by atoms with Crippen LogP contribution in [0.25, 0.3) is 11.1 Å². The summed E-state index contributed by atoms with van der Waals surface area (Å²) in [6, 6.07) is 15.0. The van der Waals surface area contributed by atoms with Crippen molar-refractivity contribution in [2.45, 2.75) is 68.2 Å². The first-order valence-electron chi connectivity index (χ1n) is 13.0. The summed E-state index contributed by atoms with van der Waals surface area (Å²) in [4.78, 5) is 4.69. The first-order valence-corrected chi connectivity index (χ1v) is 15.0. The summed E-state index contributed by atoms with van der Waals surface area (Å²) in [5.41, 5.74) is 8.79. The average molecular weight is 541 g/mol. The molecule has 0 radical (unpaired) electrons. The largest absolute Gasteiger partial charge is 0.490 e. The van der Waals surface area contributed by atoms with Crippen molar-refractivity contribution in [1.29, 1.82) is 0 Å². The first-order chi connectivity index (χ1) is 17.9. The zero-order valence-electron chi connectivity index (χ0n) is 20.9. The Balaban J connectivity index is 1.35. The molecule has 0 saturated heterocycles. The second kappa shape index (κ2) is 11.1. The van der Waals surface area contributed by atoms with Gasteiger partial charge in [-0.3, -0.25) is 4.98 Å². The fraction of sp³-hybridized carbons (Fsp3) is 0.414. The van der Waals surface area contributed by atoms with E-state index in [0.29, 0.717) is 29.7 Å². The number of rotatable bonds is 13. The van der Waals surface area contributed by atoms with Gasteiger partial charge >= 0.3 is 0 Å². The molecule has 2 aliphatic rings. The van der Waals surface area contributed by atoms with Crippen molar-refractivity contribution in [2.24, 2.45) is 5.73 Å². The molecule has 2 aliphatic carbocycles. The lowest BCUT2D eigenvalue weighted by Crippen LogP contribution is -2.15. The summed E-state index contributed by atoms with van der Waals surface area (Å²) in [6.07, 6.45) is 10.1. The highest BCUT2D eigenvalue weighted by atomic mass is 35.5. The first kappa shape index (κ1) is 26.2. The molecule has 2 saturated carbocycles. The van der Waals surface area contributed by atoms with Crippen LogP contribution < -0.4 is 10.5 Å². The number of nitrogens with zero attached hydrogens (tertiary/aromatic N) is 1. The van der Waals surface area contributed by atoms with E-state index < -0.39 is 15.4 Å². The lowest BCUT2D eigenvalue weighted by atomic mass is 9.96. The van der Waals surface area contributed by atoms with Gasteiger partial charge in [0.1, 0.15) is 5.75 Å². The van der Waals surface area contributed by atoms with Gasteiger partial charge in [0.2, 0.25) is 0 Å². The van der Waals surface area contributed by atoms with Gasteiger partial charge in [-0.05, 0) is 86.5 Å². The number of pyridine rings is 1. The van der Waals surface area contributed by atoms with Crippen LogP contribution in [0.5, 0.6) is 5.75 Å². The van der Waals surface area contributed by atoms with Crippen molar-refractivity contribution < 1.29 is 17.9 Å². The molecule has 0 unspecified atom stereocenters. The van der Waals surface area contributed by atoms with Gasteiger partial charge in [-0.1, -0.05) is 36.2 Å². The van der Waals surface area contributed by atoms with E-state index >= 15 is 0 Å². The Morgan fingerprint density at radius 1 is 1.03 bits per heavy atom. The van der Waals surface area contributed by atoms with Gasteiger partial charge in [-0.2, -0.15) is 0 Å². The highest BCUT2D eigenvalue weighted by molar-refractivity contribution is 7.91. The van der Waals surface area contributed by atoms with E-state index in [1.54, 1.807) is 24.4 Å². The van der Waals surface area contributed by atoms with Crippen molar-refractivity contribution in [2.75, 3.05) is 12.3 Å². The Bertz CT molecular complexity index is 1350. The average Bonchev–Trinajstić information content (AvgIpc) is 3.84. The predicted molar refractivity (Wildman–Crippen MR) is 145 cm³/mol. The van der Waals surface area contributed by atoms with Crippen molar-refractivity contribution in [3.05, 3.63) is 77.1 Å².